The molecule has 67 heavy (non-hydrogen) atoms. The van der Waals surface area contributed by atoms with Gasteiger partial charge in [-0.3, -0.25) is 29.2 Å². The van der Waals surface area contributed by atoms with E-state index < -0.39 is 63.0 Å². The van der Waals surface area contributed by atoms with E-state index in [4.69, 9.17) is 0 Å². The molecule has 4 saturated heterocycles. The van der Waals surface area contributed by atoms with Gasteiger partial charge in [0, 0.05) is 85.8 Å². The number of carbonyl (C=O) groups excluding carboxylic acids is 4. The van der Waals surface area contributed by atoms with Crippen LogP contribution in [0.2, 0.25) is 0 Å². The van der Waals surface area contributed by atoms with Gasteiger partial charge in [0.15, 0.2) is 5.82 Å². The van der Waals surface area contributed by atoms with Crippen LogP contribution in [0.4, 0.5) is 24.5 Å². The summed E-state index contributed by atoms with van der Waals surface area (Å²) in [5.74, 6) is -3.39. The number of nitrogens with zero attached hydrogens (tertiary/aromatic N) is 5. The Labute approximate surface area is 386 Å². The molecule has 2 atom stereocenters. The highest BCUT2D eigenvalue weighted by atomic mass is 32.2. The number of carbonyl (C=O) groups is 4. The molecule has 1 unspecified atom stereocenters. The fourth-order valence-corrected chi connectivity index (χ4v) is 11.9. The van der Waals surface area contributed by atoms with Crippen molar-refractivity contribution < 1.29 is 40.8 Å². The Kier molecular flexibility index (Phi) is 11.7. The second-order valence-electron chi connectivity index (χ2n) is 18.9. The Balaban J connectivity index is 0.730. The topological polar surface area (TPSA) is 168 Å². The summed E-state index contributed by atoms with van der Waals surface area (Å²) < 4.78 is 74.3. The summed E-state index contributed by atoms with van der Waals surface area (Å²) in [7, 11) is -4.39. The lowest BCUT2D eigenvalue weighted by atomic mass is 9.87. The van der Waals surface area contributed by atoms with Gasteiger partial charge >= 0.3 is 10.2 Å². The Hall–Kier alpha value is -6.11. The standard InChI is InChI=1S/C49H51F3N8O6S/c1-49(52)16-21-59(28-49)67(65,66)56-40-9-8-39(50)43(44(40)51)45(62)38-25-54-46-37(38)23-33(24-53-46)30-2-5-35(6-3-30)58-19-12-29(13-20-58)26-57-17-14-31(15-18-57)32-4-7-36-34(22-32)27-60(48(36)64)41-10-11-42(61)55-47(41)63/h2-9,22-25,29,31,41,56H,10-21,26-28H2,1H3,(H,53,54)(H,55,61,63)/t41-,49?/m0/s1. The third-order valence-corrected chi connectivity index (χ3v) is 15.8. The molecule has 5 aliphatic rings. The van der Waals surface area contributed by atoms with Crippen molar-refractivity contribution in [3.05, 3.63) is 113 Å². The normalized spacial score (nSPS) is 22.4. The maximum absolute atomic E-state index is 15.8. The van der Waals surface area contributed by atoms with Gasteiger partial charge in [0.1, 0.15) is 23.2 Å². The minimum absolute atomic E-state index is 0.0300. The molecule has 0 bridgehead atoms. The molecular weight excluding hydrogens is 886 g/mol. The fourth-order valence-electron chi connectivity index (χ4n) is 10.5. The number of halogens is 3. The number of piperidine rings is 3. The number of pyridine rings is 1. The molecule has 0 radical (unpaired) electrons. The van der Waals surface area contributed by atoms with Crippen LogP contribution < -0.4 is 14.9 Å². The second kappa shape index (κ2) is 17.5. The number of amides is 3. The molecule has 3 amide bonds. The SMILES string of the molecule is CC1(F)CCN(S(=O)(=O)Nc2ccc(F)c(C(=O)c3c[nH]c4ncc(-c5ccc(N6CCC(CN7CCC(c8ccc9c(c8)CN([C@H]8CCC(=O)NC8=O)C9=O)CC7)CC6)cc5)cc34)c2F)C1. The quantitative estimate of drug-likeness (QED) is 0.0967. The summed E-state index contributed by atoms with van der Waals surface area (Å²) in [5.41, 5.74) is 2.43. The van der Waals surface area contributed by atoms with Crippen LogP contribution in [0, 0.1) is 17.6 Å². The molecule has 0 saturated carbocycles. The maximum Gasteiger partial charge on any atom is 0.301 e. The van der Waals surface area contributed by atoms with Crippen molar-refractivity contribution in [2.75, 3.05) is 55.4 Å². The summed E-state index contributed by atoms with van der Waals surface area (Å²) in [5, 5.41) is 2.71. The first-order valence-corrected chi connectivity index (χ1v) is 24.4. The third-order valence-electron chi connectivity index (χ3n) is 14.4. The number of fused-ring (bicyclic) bond motifs is 2. The van der Waals surface area contributed by atoms with Crippen LogP contribution in [0.1, 0.15) is 95.2 Å². The largest absolute Gasteiger partial charge is 0.372 e. The number of ketones is 1. The van der Waals surface area contributed by atoms with E-state index in [0.717, 1.165) is 91.7 Å². The highest BCUT2D eigenvalue weighted by Gasteiger charge is 2.41. The molecule has 4 fully saturated rings. The molecule has 14 nitrogen and oxygen atoms in total. The van der Waals surface area contributed by atoms with Crippen LogP contribution >= 0.6 is 0 Å². The van der Waals surface area contributed by atoms with Crippen molar-refractivity contribution in [1.29, 1.82) is 0 Å². The van der Waals surface area contributed by atoms with Crippen LogP contribution in [0.15, 0.2) is 73.1 Å². The zero-order valence-corrected chi connectivity index (χ0v) is 37.8. The summed E-state index contributed by atoms with van der Waals surface area (Å²) in [6.45, 7) is 6.06. The Bertz CT molecular complexity index is 2910. The summed E-state index contributed by atoms with van der Waals surface area (Å²) >= 11 is 0. The number of alkyl halides is 1. The van der Waals surface area contributed by atoms with E-state index >= 15 is 8.78 Å². The van der Waals surface area contributed by atoms with E-state index in [1.807, 2.05) is 18.2 Å². The Morgan fingerprint density at radius 2 is 1.67 bits per heavy atom. The van der Waals surface area contributed by atoms with Crippen molar-refractivity contribution in [3.63, 3.8) is 0 Å². The number of H-pyrrole nitrogens is 1. The van der Waals surface area contributed by atoms with Gasteiger partial charge in [-0.2, -0.15) is 12.7 Å². The summed E-state index contributed by atoms with van der Waals surface area (Å²) in [6, 6.07) is 17.0. The number of aromatic nitrogens is 2. The van der Waals surface area contributed by atoms with Gasteiger partial charge < -0.3 is 19.7 Å². The number of likely N-dealkylation sites (tertiary alicyclic amines) is 1. The predicted molar refractivity (Wildman–Crippen MR) is 245 cm³/mol. The lowest BCUT2D eigenvalue weighted by Gasteiger charge is -2.38. The van der Waals surface area contributed by atoms with E-state index in [1.54, 1.807) is 17.2 Å². The minimum atomic E-state index is -4.39. The molecule has 3 aromatic carbocycles. The second-order valence-corrected chi connectivity index (χ2v) is 20.6. The van der Waals surface area contributed by atoms with Gasteiger partial charge in [-0.05, 0) is 123 Å². The molecule has 350 valence electrons. The van der Waals surface area contributed by atoms with E-state index in [2.05, 4.69) is 54.1 Å². The van der Waals surface area contributed by atoms with Gasteiger partial charge in [-0.25, -0.2) is 18.2 Å². The van der Waals surface area contributed by atoms with Gasteiger partial charge in [0.2, 0.25) is 17.6 Å². The van der Waals surface area contributed by atoms with Crippen LogP contribution in [0.5, 0.6) is 0 Å². The number of anilines is 2. The lowest BCUT2D eigenvalue weighted by Crippen LogP contribution is -2.52. The first kappa shape index (κ1) is 44.7. The highest BCUT2D eigenvalue weighted by Crippen LogP contribution is 2.36. The van der Waals surface area contributed by atoms with Crippen molar-refractivity contribution in [1.82, 2.24) is 29.4 Å². The number of rotatable bonds is 11. The Morgan fingerprint density at radius 3 is 2.39 bits per heavy atom. The molecule has 0 aliphatic carbocycles. The van der Waals surface area contributed by atoms with Gasteiger partial charge in [0.25, 0.3) is 5.91 Å². The number of nitrogens with one attached hydrogen (secondary N) is 3. The van der Waals surface area contributed by atoms with Crippen LogP contribution in [-0.2, 0) is 26.3 Å². The first-order chi connectivity index (χ1) is 32.1. The predicted octanol–water partition coefficient (Wildman–Crippen LogP) is 6.69. The van der Waals surface area contributed by atoms with Crippen molar-refractivity contribution in [2.24, 2.45) is 5.92 Å². The van der Waals surface area contributed by atoms with E-state index in [9.17, 15) is 32.0 Å². The number of hydrogen-bond donors (Lipinski definition) is 3. The summed E-state index contributed by atoms with van der Waals surface area (Å²) in [6.07, 6.45) is 7.75. The number of imide groups is 1. The minimum Gasteiger partial charge on any atom is -0.372 e. The molecular formula is C49H51F3N8O6S. The van der Waals surface area contributed by atoms with Crippen LogP contribution in [-0.4, -0.2) is 114 Å². The van der Waals surface area contributed by atoms with Gasteiger partial charge in [0.05, 0.1) is 11.3 Å². The van der Waals surface area contributed by atoms with Crippen LogP contribution in [0.3, 0.4) is 0 Å². The smallest absolute Gasteiger partial charge is 0.301 e. The van der Waals surface area contributed by atoms with E-state index in [1.165, 1.54) is 18.7 Å². The highest BCUT2D eigenvalue weighted by molar-refractivity contribution is 7.90. The molecule has 18 heteroatoms. The molecule has 3 N–H and O–H groups in total. The van der Waals surface area contributed by atoms with Gasteiger partial charge in [-0.15, -0.1) is 0 Å². The number of benzene rings is 3. The van der Waals surface area contributed by atoms with Crippen molar-refractivity contribution >= 4 is 56.1 Å². The Morgan fingerprint density at radius 1 is 0.910 bits per heavy atom. The zero-order chi connectivity index (χ0) is 46.8. The molecule has 0 spiro atoms. The number of aromatic amines is 1. The zero-order valence-electron chi connectivity index (χ0n) is 37.0. The molecule has 10 rings (SSSR count). The first-order valence-electron chi connectivity index (χ1n) is 22.9. The summed E-state index contributed by atoms with van der Waals surface area (Å²) in [4.78, 5) is 65.1. The molecule has 5 aromatic rings. The van der Waals surface area contributed by atoms with Gasteiger partial charge in [-0.1, -0.05) is 24.3 Å². The molecule has 7 heterocycles. The average molecular weight is 937 g/mol. The number of hydrogen-bond acceptors (Lipinski definition) is 9. The molecule has 2 aromatic heterocycles. The average Bonchev–Trinajstić information content (AvgIpc) is 4.02. The lowest BCUT2D eigenvalue weighted by molar-refractivity contribution is -0.136. The molecule has 5 aliphatic heterocycles. The van der Waals surface area contributed by atoms with E-state index in [-0.39, 0.29) is 36.8 Å². The van der Waals surface area contributed by atoms with Crippen LogP contribution in [0.25, 0.3) is 22.2 Å². The fraction of sp³-hybridized carbons (Fsp3) is 0.408. The third kappa shape index (κ3) is 8.82. The monoisotopic (exact) mass is 936 g/mol. The van der Waals surface area contributed by atoms with Crippen molar-refractivity contribution in [2.45, 2.75) is 76.0 Å². The maximum atomic E-state index is 15.8. The van der Waals surface area contributed by atoms with E-state index in [0.29, 0.717) is 47.0 Å². The van der Waals surface area contributed by atoms with Crippen molar-refractivity contribution in [3.8, 4) is 11.1 Å².